The number of benzene rings is 1. The molecule has 0 unspecified atom stereocenters. The van der Waals surface area contributed by atoms with E-state index in [4.69, 9.17) is 8.83 Å². The highest BCUT2D eigenvalue weighted by Gasteiger charge is 2.27. The van der Waals surface area contributed by atoms with Gasteiger partial charge in [0.2, 0.25) is 5.89 Å². The van der Waals surface area contributed by atoms with Gasteiger partial charge in [0.1, 0.15) is 10.7 Å². The van der Waals surface area contributed by atoms with Gasteiger partial charge in [-0.15, -0.1) is 5.10 Å². The van der Waals surface area contributed by atoms with Crippen molar-refractivity contribution in [3.8, 4) is 0 Å². The van der Waals surface area contributed by atoms with Crippen LogP contribution < -0.4 is 10.7 Å². The third-order valence-electron chi connectivity index (χ3n) is 6.02. The van der Waals surface area contributed by atoms with E-state index in [0.29, 0.717) is 49.7 Å². The molecule has 0 radical (unpaired) electrons. The first-order valence-corrected chi connectivity index (χ1v) is 12.1. The van der Waals surface area contributed by atoms with Crippen molar-refractivity contribution in [1.29, 1.82) is 0 Å². The van der Waals surface area contributed by atoms with Gasteiger partial charge in [-0.1, -0.05) is 30.7 Å². The van der Waals surface area contributed by atoms with Crippen molar-refractivity contribution in [2.75, 3.05) is 18.0 Å². The lowest BCUT2D eigenvalue weighted by molar-refractivity contribution is -0.402. The molecule has 11 heteroatoms. The highest BCUT2D eigenvalue weighted by Crippen LogP contribution is 2.32. The van der Waals surface area contributed by atoms with Gasteiger partial charge in [0.25, 0.3) is 0 Å². The van der Waals surface area contributed by atoms with E-state index in [1.807, 2.05) is 30.1 Å². The number of anilines is 1. The average molecular weight is 510 g/mol. The maximum absolute atomic E-state index is 14.9. The highest BCUT2D eigenvalue weighted by atomic mass is 19.1. The van der Waals surface area contributed by atoms with E-state index in [0.717, 1.165) is 12.0 Å². The fourth-order valence-electron chi connectivity index (χ4n) is 4.09. The first-order valence-electron chi connectivity index (χ1n) is 12.1. The van der Waals surface area contributed by atoms with Crippen LogP contribution in [0.3, 0.4) is 0 Å². The standard InChI is InChI=1S/C26H28FN5O5/c1-3-4-5-6-18(2)17-31-26(33)37-25(29-31)19-11-13-30(14-12-19)23-9-7-20(15-22(23)27)28-16-21-8-10-24(36-21)32(34)35/h4-10,15-16,19H,3,11-14,17H2,1-2H3/b5-4-,18-6+,28-16?. The minimum absolute atomic E-state index is 0.0150. The van der Waals surface area contributed by atoms with Crippen LogP contribution in [0.4, 0.5) is 21.6 Å². The van der Waals surface area contributed by atoms with Gasteiger partial charge in [-0.05, 0) is 44.4 Å². The maximum atomic E-state index is 14.9. The number of aliphatic imine (C=N–C) groups is 1. The van der Waals surface area contributed by atoms with Crippen LogP contribution >= 0.6 is 0 Å². The molecule has 1 aliphatic rings. The summed E-state index contributed by atoms with van der Waals surface area (Å²) in [5.74, 6) is -0.676. The third-order valence-corrected chi connectivity index (χ3v) is 6.02. The molecular weight excluding hydrogens is 481 g/mol. The number of rotatable bonds is 9. The fraction of sp³-hybridized carbons (Fsp3) is 0.346. The van der Waals surface area contributed by atoms with Gasteiger partial charge >= 0.3 is 11.6 Å². The Morgan fingerprint density at radius 1 is 1.27 bits per heavy atom. The first kappa shape index (κ1) is 25.8. The second-order valence-electron chi connectivity index (χ2n) is 8.80. The molecule has 194 valence electrons. The van der Waals surface area contributed by atoms with Gasteiger partial charge in [-0.2, -0.15) is 4.68 Å². The number of nitro groups is 1. The monoisotopic (exact) mass is 509 g/mol. The molecule has 0 spiro atoms. The van der Waals surface area contributed by atoms with Crippen LogP contribution in [0.5, 0.6) is 0 Å². The molecule has 0 atom stereocenters. The van der Waals surface area contributed by atoms with Crippen LogP contribution in [0.15, 0.2) is 72.8 Å². The summed E-state index contributed by atoms with van der Waals surface area (Å²) in [6.07, 6.45) is 9.54. The molecule has 4 rings (SSSR count). The second kappa shape index (κ2) is 11.6. The lowest BCUT2D eigenvalue weighted by atomic mass is 9.96. The molecule has 3 heterocycles. The highest BCUT2D eigenvalue weighted by molar-refractivity contribution is 5.79. The Kier molecular flexibility index (Phi) is 8.11. The Balaban J connectivity index is 1.36. The Labute approximate surface area is 212 Å². The topological polar surface area (TPSA) is 120 Å². The number of piperidine rings is 1. The summed E-state index contributed by atoms with van der Waals surface area (Å²) in [4.78, 5) is 28.4. The van der Waals surface area contributed by atoms with Gasteiger partial charge in [0.15, 0.2) is 5.76 Å². The van der Waals surface area contributed by atoms with E-state index in [1.165, 1.54) is 29.1 Å². The van der Waals surface area contributed by atoms with Crippen LogP contribution in [-0.2, 0) is 6.54 Å². The molecule has 37 heavy (non-hydrogen) atoms. The molecule has 0 amide bonds. The van der Waals surface area contributed by atoms with E-state index in [9.17, 15) is 19.3 Å². The van der Waals surface area contributed by atoms with Gasteiger partial charge in [0.05, 0.1) is 30.2 Å². The Bertz CT molecular complexity index is 1390. The summed E-state index contributed by atoms with van der Waals surface area (Å²) >= 11 is 0. The van der Waals surface area contributed by atoms with E-state index in [1.54, 1.807) is 12.1 Å². The summed E-state index contributed by atoms with van der Waals surface area (Å²) in [6.45, 7) is 5.52. The normalized spacial score (nSPS) is 15.3. The van der Waals surface area contributed by atoms with Crippen LogP contribution in [0.25, 0.3) is 0 Å². The number of hydrogen-bond donors (Lipinski definition) is 0. The van der Waals surface area contributed by atoms with Gasteiger partial charge in [-0.3, -0.25) is 15.1 Å². The van der Waals surface area contributed by atoms with E-state index in [-0.39, 0.29) is 17.6 Å². The zero-order valence-corrected chi connectivity index (χ0v) is 20.7. The largest absolute Gasteiger partial charge is 0.437 e. The zero-order valence-electron chi connectivity index (χ0n) is 20.7. The molecule has 2 aromatic heterocycles. The van der Waals surface area contributed by atoms with Gasteiger partial charge in [0, 0.05) is 25.1 Å². The number of furan rings is 1. The Hall–Kier alpha value is -4.28. The molecule has 1 saturated heterocycles. The van der Waals surface area contributed by atoms with Gasteiger partial charge in [-0.25, -0.2) is 9.18 Å². The Morgan fingerprint density at radius 3 is 2.73 bits per heavy atom. The van der Waals surface area contributed by atoms with Crippen LogP contribution in [0.2, 0.25) is 0 Å². The quantitative estimate of drug-likeness (QED) is 0.161. The van der Waals surface area contributed by atoms with E-state index < -0.39 is 16.5 Å². The summed E-state index contributed by atoms with van der Waals surface area (Å²) in [6, 6.07) is 7.29. The van der Waals surface area contributed by atoms with Crippen LogP contribution in [0, 0.1) is 15.9 Å². The molecule has 0 N–H and O–H groups in total. The molecule has 0 bridgehead atoms. The predicted molar refractivity (Wildman–Crippen MR) is 137 cm³/mol. The molecular formula is C26H28FN5O5. The number of halogens is 1. The first-order chi connectivity index (χ1) is 17.8. The summed E-state index contributed by atoms with van der Waals surface area (Å²) in [5.41, 5.74) is 1.81. The SMILES string of the molecule is CC/C=C\C=C(/C)Cn1nc(C2CCN(c3ccc(N=Cc4ccc([N+](=O)[O-])o4)cc3F)CC2)oc1=O. The number of nitrogens with zero attached hydrogens (tertiary/aromatic N) is 5. The fourth-order valence-corrected chi connectivity index (χ4v) is 4.09. The Morgan fingerprint density at radius 2 is 2.05 bits per heavy atom. The van der Waals surface area contributed by atoms with Crippen molar-refractivity contribution in [3.05, 3.63) is 92.3 Å². The van der Waals surface area contributed by atoms with E-state index in [2.05, 4.69) is 17.0 Å². The van der Waals surface area contributed by atoms with Crippen molar-refractivity contribution in [1.82, 2.24) is 9.78 Å². The van der Waals surface area contributed by atoms with Crippen molar-refractivity contribution in [3.63, 3.8) is 0 Å². The summed E-state index contributed by atoms with van der Waals surface area (Å²) in [7, 11) is 0. The van der Waals surface area contributed by atoms with Crippen LogP contribution in [-0.4, -0.2) is 34.0 Å². The molecule has 1 aromatic carbocycles. The number of allylic oxidation sites excluding steroid dienone is 4. The maximum Gasteiger partial charge on any atom is 0.437 e. The van der Waals surface area contributed by atoms with Crippen molar-refractivity contribution < 1.29 is 18.1 Å². The molecule has 0 saturated carbocycles. The van der Waals surface area contributed by atoms with Crippen molar-refractivity contribution >= 4 is 23.5 Å². The lowest BCUT2D eigenvalue weighted by Gasteiger charge is -2.32. The smallest absolute Gasteiger partial charge is 0.400 e. The van der Waals surface area contributed by atoms with Gasteiger partial charge < -0.3 is 13.7 Å². The molecule has 0 aliphatic carbocycles. The number of aromatic nitrogens is 2. The molecule has 3 aromatic rings. The lowest BCUT2D eigenvalue weighted by Crippen LogP contribution is -2.33. The minimum Gasteiger partial charge on any atom is -0.400 e. The second-order valence-corrected chi connectivity index (χ2v) is 8.80. The molecule has 1 fully saturated rings. The van der Waals surface area contributed by atoms with Crippen LogP contribution in [0.1, 0.15) is 50.7 Å². The minimum atomic E-state index is -0.639. The van der Waals surface area contributed by atoms with E-state index >= 15 is 0 Å². The average Bonchev–Trinajstić information content (AvgIpc) is 3.50. The molecule has 1 aliphatic heterocycles. The molecule has 10 nitrogen and oxygen atoms in total. The van der Waals surface area contributed by atoms with Crippen molar-refractivity contribution in [2.24, 2.45) is 4.99 Å². The predicted octanol–water partition coefficient (Wildman–Crippen LogP) is 5.52. The zero-order chi connectivity index (χ0) is 26.4. The summed E-state index contributed by atoms with van der Waals surface area (Å²) in [5, 5.41) is 15.1. The summed E-state index contributed by atoms with van der Waals surface area (Å²) < 4.78 is 26.7. The van der Waals surface area contributed by atoms with Crippen molar-refractivity contribution in [2.45, 2.75) is 45.6 Å². The number of hydrogen-bond acceptors (Lipinski definition) is 8. The third kappa shape index (κ3) is 6.49.